The molecule has 0 aliphatic heterocycles. The summed E-state index contributed by atoms with van der Waals surface area (Å²) in [6.45, 7) is 5.51. The number of carboxylic acids is 1. The average Bonchev–Trinajstić information content (AvgIpc) is 3.10. The highest BCUT2D eigenvalue weighted by molar-refractivity contribution is 5.68. The van der Waals surface area contributed by atoms with Crippen molar-refractivity contribution in [1.82, 2.24) is 0 Å². The first-order chi connectivity index (χ1) is 16.2. The molecule has 3 rings (SSSR count). The van der Waals surface area contributed by atoms with Gasteiger partial charge in [-0.3, -0.25) is 0 Å². The normalized spacial score (nSPS) is 25.2. The van der Waals surface area contributed by atoms with Crippen LogP contribution < -0.4 is 4.74 Å². The maximum Gasteiger partial charge on any atom is 0.508 e. The molecule has 1 unspecified atom stereocenters. The molecule has 0 aromatic heterocycles. The zero-order chi connectivity index (χ0) is 24.8. The van der Waals surface area contributed by atoms with Crippen LogP contribution >= 0.6 is 0 Å². The van der Waals surface area contributed by atoms with E-state index in [1.807, 2.05) is 12.1 Å². The maximum absolute atomic E-state index is 12.0. The molecule has 1 aromatic carbocycles. The second-order valence-corrected chi connectivity index (χ2v) is 10.0. The molecular weight excluding hydrogens is 440 g/mol. The summed E-state index contributed by atoms with van der Waals surface area (Å²) in [5.41, 5.74) is 2.21. The third kappa shape index (κ3) is 6.42. The molecule has 0 radical (unpaired) electrons. The van der Waals surface area contributed by atoms with E-state index in [1.54, 1.807) is 0 Å². The molecule has 34 heavy (non-hydrogen) atoms. The van der Waals surface area contributed by atoms with Gasteiger partial charge in [0.25, 0.3) is 0 Å². The summed E-state index contributed by atoms with van der Waals surface area (Å²) in [5.74, 6) is 0.764. The van der Waals surface area contributed by atoms with Crippen LogP contribution in [0.25, 0.3) is 0 Å². The van der Waals surface area contributed by atoms with Crippen LogP contribution in [0.15, 0.2) is 18.2 Å². The van der Waals surface area contributed by atoms with Gasteiger partial charge in [0, 0.05) is 0 Å². The fourth-order valence-corrected chi connectivity index (χ4v) is 5.58. The fourth-order valence-electron chi connectivity index (χ4n) is 5.58. The molecule has 3 N–H and O–H groups in total. The molecule has 1 fully saturated rings. The Kier molecular flexibility index (Phi) is 9.19. The highest BCUT2D eigenvalue weighted by atomic mass is 16.7. The lowest BCUT2D eigenvalue weighted by atomic mass is 9.73. The largest absolute Gasteiger partial charge is 0.508 e. The molecule has 1 aromatic rings. The Morgan fingerprint density at radius 1 is 1.18 bits per heavy atom. The number of carbonyl (C=O) groups excluding carboxylic acids is 1. The lowest BCUT2D eigenvalue weighted by Gasteiger charge is -2.33. The van der Waals surface area contributed by atoms with Crippen molar-refractivity contribution < 1.29 is 39.1 Å². The Labute approximate surface area is 201 Å². The van der Waals surface area contributed by atoms with Crippen molar-refractivity contribution in [3.63, 3.8) is 0 Å². The molecule has 1 saturated carbocycles. The van der Waals surface area contributed by atoms with Gasteiger partial charge in [-0.05, 0) is 78.9 Å². The Bertz CT molecular complexity index is 838. The van der Waals surface area contributed by atoms with Gasteiger partial charge in [0.05, 0.1) is 12.7 Å². The first-order valence-electron chi connectivity index (χ1n) is 12.3. The zero-order valence-corrected chi connectivity index (χ0v) is 20.3. The van der Waals surface area contributed by atoms with Gasteiger partial charge < -0.3 is 29.5 Å². The second-order valence-electron chi connectivity index (χ2n) is 10.0. The minimum absolute atomic E-state index is 0.0930. The Hall–Kier alpha value is -2.32. The summed E-state index contributed by atoms with van der Waals surface area (Å²) < 4.78 is 16.0. The van der Waals surface area contributed by atoms with Gasteiger partial charge in [-0.1, -0.05) is 32.9 Å². The molecule has 8 heteroatoms. The van der Waals surface area contributed by atoms with Gasteiger partial charge in [0.15, 0.2) is 6.61 Å². The first kappa shape index (κ1) is 26.3. The minimum atomic E-state index is -1.00. The van der Waals surface area contributed by atoms with Gasteiger partial charge in [-0.25, -0.2) is 9.59 Å². The molecule has 6 atom stereocenters. The number of carbonyl (C=O) groups is 2. The Morgan fingerprint density at radius 3 is 2.62 bits per heavy atom. The van der Waals surface area contributed by atoms with E-state index in [4.69, 9.17) is 24.4 Å². The van der Waals surface area contributed by atoms with Crippen molar-refractivity contribution >= 4 is 12.1 Å². The summed E-state index contributed by atoms with van der Waals surface area (Å²) >= 11 is 0. The van der Waals surface area contributed by atoms with Crippen molar-refractivity contribution in [3.8, 4) is 5.75 Å². The van der Waals surface area contributed by atoms with Crippen LogP contribution in [0, 0.1) is 29.6 Å². The average molecular weight is 479 g/mol. The predicted molar refractivity (Wildman–Crippen MR) is 125 cm³/mol. The van der Waals surface area contributed by atoms with Crippen molar-refractivity contribution in [2.45, 2.75) is 65.1 Å². The first-order valence-corrected chi connectivity index (χ1v) is 12.3. The number of rotatable bonds is 11. The van der Waals surface area contributed by atoms with E-state index in [2.05, 4.69) is 26.8 Å². The van der Waals surface area contributed by atoms with Crippen LogP contribution in [0.3, 0.4) is 0 Å². The Balaban J connectivity index is 1.68. The number of hydrogen-bond acceptors (Lipinski definition) is 7. The van der Waals surface area contributed by atoms with Crippen molar-refractivity contribution in [2.75, 3.05) is 19.8 Å². The van der Waals surface area contributed by atoms with Crippen LogP contribution in [0.1, 0.15) is 51.2 Å². The number of aliphatic hydroxyl groups is 2. The van der Waals surface area contributed by atoms with E-state index in [0.29, 0.717) is 36.3 Å². The summed E-state index contributed by atoms with van der Waals surface area (Å²) in [4.78, 5) is 23.0. The van der Waals surface area contributed by atoms with Gasteiger partial charge in [-0.2, -0.15) is 0 Å². The second kappa shape index (κ2) is 11.9. The smallest absolute Gasteiger partial charge is 0.482 e. The van der Waals surface area contributed by atoms with Crippen molar-refractivity contribution in [3.05, 3.63) is 29.3 Å². The number of hydrogen-bond donors (Lipinski definition) is 3. The SMILES string of the molecule is CC(C)C(C)[C@@H](CC[C@@H]1[C@H]2Cc3cccc(OCC(=O)O)c3C[C@H]2C[C@H]1O)OC(=O)OCCO. The van der Waals surface area contributed by atoms with Crippen LogP contribution in [0.5, 0.6) is 5.75 Å². The van der Waals surface area contributed by atoms with Gasteiger partial charge >= 0.3 is 12.1 Å². The van der Waals surface area contributed by atoms with Crippen molar-refractivity contribution in [1.29, 1.82) is 0 Å². The Morgan fingerprint density at radius 2 is 1.94 bits per heavy atom. The standard InChI is InChI=1S/C26H38O8/c1-15(2)16(3)23(34-26(31)32-10-9-27)8-7-19-20-11-17-5-4-6-24(33-14-25(29)30)21(17)12-18(20)13-22(19)28/h4-6,15-16,18-20,22-23,27-28H,7-14H2,1-3H3,(H,29,30)/t16?,18-,19+,20-,22+,23+/m0/s1. The monoisotopic (exact) mass is 478 g/mol. The number of aliphatic hydroxyl groups excluding tert-OH is 2. The maximum atomic E-state index is 12.0. The number of fused-ring (bicyclic) bond motifs is 2. The minimum Gasteiger partial charge on any atom is -0.482 e. The fraction of sp³-hybridized carbons (Fsp3) is 0.692. The molecule has 190 valence electrons. The van der Waals surface area contributed by atoms with Crippen LogP contribution in [-0.4, -0.2) is 59.5 Å². The molecule has 8 nitrogen and oxygen atoms in total. The van der Waals surface area contributed by atoms with Crippen molar-refractivity contribution in [2.24, 2.45) is 29.6 Å². The number of carboxylic acid groups (broad SMARTS) is 1. The van der Waals surface area contributed by atoms with Gasteiger partial charge in [0.2, 0.25) is 0 Å². The van der Waals surface area contributed by atoms with Crippen LogP contribution in [-0.2, 0) is 27.1 Å². The number of ether oxygens (including phenoxy) is 3. The summed E-state index contributed by atoms with van der Waals surface area (Å²) in [7, 11) is 0. The zero-order valence-electron chi connectivity index (χ0n) is 20.3. The molecule has 0 bridgehead atoms. The third-order valence-corrected chi connectivity index (χ3v) is 7.68. The number of benzene rings is 1. The topological polar surface area (TPSA) is 123 Å². The van der Waals surface area contributed by atoms with E-state index >= 15 is 0 Å². The molecule has 0 amide bonds. The lowest BCUT2D eigenvalue weighted by molar-refractivity contribution is -0.139. The molecule has 2 aliphatic carbocycles. The van der Waals surface area contributed by atoms with Gasteiger partial charge in [0.1, 0.15) is 18.5 Å². The molecular formula is C26H38O8. The number of aliphatic carboxylic acids is 1. The highest BCUT2D eigenvalue weighted by Gasteiger charge is 2.45. The predicted octanol–water partition coefficient (Wildman–Crippen LogP) is 3.45. The summed E-state index contributed by atoms with van der Waals surface area (Å²) in [5, 5.41) is 28.8. The van der Waals surface area contributed by atoms with E-state index in [-0.39, 0.29) is 37.8 Å². The van der Waals surface area contributed by atoms with E-state index in [0.717, 1.165) is 30.4 Å². The van der Waals surface area contributed by atoms with Crippen LogP contribution in [0.2, 0.25) is 0 Å². The van der Waals surface area contributed by atoms with Gasteiger partial charge in [-0.15, -0.1) is 0 Å². The van der Waals surface area contributed by atoms with E-state index in [9.17, 15) is 14.7 Å². The molecule has 2 aliphatic rings. The summed E-state index contributed by atoms with van der Waals surface area (Å²) in [6, 6.07) is 5.77. The van der Waals surface area contributed by atoms with Crippen LogP contribution in [0.4, 0.5) is 4.79 Å². The van der Waals surface area contributed by atoms with E-state index < -0.39 is 18.2 Å². The quantitative estimate of drug-likeness (QED) is 0.414. The third-order valence-electron chi connectivity index (χ3n) is 7.68. The van der Waals surface area contributed by atoms with E-state index in [1.165, 1.54) is 0 Å². The highest BCUT2D eigenvalue weighted by Crippen LogP contribution is 2.48. The molecule has 0 spiro atoms. The summed E-state index contributed by atoms with van der Waals surface area (Å²) in [6.07, 6.45) is 2.13. The molecule has 0 saturated heterocycles. The lowest BCUT2D eigenvalue weighted by Crippen LogP contribution is -2.32. The molecule has 0 heterocycles.